The summed E-state index contributed by atoms with van der Waals surface area (Å²) >= 11 is 0. The molecular weight excluding hydrogens is 268 g/mol. The van der Waals surface area contributed by atoms with E-state index in [0.29, 0.717) is 23.0 Å². The highest BCUT2D eigenvalue weighted by molar-refractivity contribution is 6.77. The van der Waals surface area contributed by atoms with Gasteiger partial charge in [-0.05, 0) is 29.5 Å². The fraction of sp³-hybridized carbons (Fsp3) is 0.938. The number of hydrogen-bond donors (Lipinski definition) is 1. The first-order valence-corrected chi connectivity index (χ1v) is 10.2. The Morgan fingerprint density at radius 1 is 0.900 bits per heavy atom. The molecule has 120 valence electrons. The third kappa shape index (κ3) is 5.96. The smallest absolute Gasteiger partial charge is 0.303 e. The Morgan fingerprint density at radius 2 is 1.35 bits per heavy atom. The van der Waals surface area contributed by atoms with Crippen LogP contribution in [0, 0.1) is 0 Å². The summed E-state index contributed by atoms with van der Waals surface area (Å²) in [5.74, 6) is -0.688. The van der Waals surface area contributed by atoms with Gasteiger partial charge in [0.05, 0.1) is 0 Å². The third-order valence-corrected chi connectivity index (χ3v) is 10.5. The van der Waals surface area contributed by atoms with E-state index in [-0.39, 0.29) is 0 Å². The molecule has 0 aromatic carbocycles. The van der Waals surface area contributed by atoms with Crippen molar-refractivity contribution in [1.82, 2.24) is 0 Å². The second-order valence-corrected chi connectivity index (χ2v) is 12.2. The topological polar surface area (TPSA) is 46.5 Å². The van der Waals surface area contributed by atoms with Gasteiger partial charge >= 0.3 is 5.97 Å². The minimum Gasteiger partial charge on any atom is -0.481 e. The molecule has 1 N–H and O–H groups in total. The number of carboxylic acids is 1. The van der Waals surface area contributed by atoms with Crippen molar-refractivity contribution in [1.29, 1.82) is 0 Å². The van der Waals surface area contributed by atoms with Gasteiger partial charge in [0.25, 0.3) is 0 Å². The molecule has 0 spiro atoms. The predicted molar refractivity (Wildman–Crippen MR) is 87.7 cm³/mol. The van der Waals surface area contributed by atoms with E-state index in [0.717, 1.165) is 32.3 Å². The quantitative estimate of drug-likeness (QED) is 0.421. The van der Waals surface area contributed by atoms with Crippen molar-refractivity contribution in [3.63, 3.8) is 0 Å². The highest BCUT2D eigenvalue weighted by Gasteiger charge is 2.44. The van der Waals surface area contributed by atoms with E-state index in [4.69, 9.17) is 9.53 Å². The summed E-state index contributed by atoms with van der Waals surface area (Å²) in [7, 11) is -1.71. The maximum atomic E-state index is 10.4. The number of aliphatic carboxylic acids is 1. The fourth-order valence-corrected chi connectivity index (χ4v) is 8.98. The maximum absolute atomic E-state index is 10.4. The van der Waals surface area contributed by atoms with Gasteiger partial charge in [0.15, 0.2) is 8.32 Å². The Bertz CT molecular complexity index is 253. The summed E-state index contributed by atoms with van der Waals surface area (Å²) < 4.78 is 6.46. The Kier molecular flexibility index (Phi) is 9.39. The Balaban J connectivity index is 4.13. The minimum atomic E-state index is -1.71. The largest absolute Gasteiger partial charge is 0.481 e. The molecule has 0 aliphatic carbocycles. The zero-order valence-electron chi connectivity index (χ0n) is 14.2. The normalized spacial score (nSPS) is 12.7. The Morgan fingerprint density at radius 3 is 1.75 bits per heavy atom. The van der Waals surface area contributed by atoms with Crippen LogP contribution in [-0.2, 0) is 9.22 Å². The monoisotopic (exact) mass is 302 g/mol. The van der Waals surface area contributed by atoms with Crippen LogP contribution in [-0.4, -0.2) is 26.0 Å². The van der Waals surface area contributed by atoms with E-state index >= 15 is 0 Å². The van der Waals surface area contributed by atoms with Crippen LogP contribution in [0.15, 0.2) is 0 Å². The molecule has 0 aliphatic rings. The lowest BCUT2D eigenvalue weighted by atomic mass is 10.1. The van der Waals surface area contributed by atoms with Crippen LogP contribution in [0.5, 0.6) is 0 Å². The molecule has 0 saturated heterocycles. The molecule has 3 nitrogen and oxygen atoms in total. The highest BCUT2D eigenvalue weighted by Crippen LogP contribution is 2.42. The summed E-state index contributed by atoms with van der Waals surface area (Å²) in [6.45, 7) is 14.7. The summed E-state index contributed by atoms with van der Waals surface area (Å²) in [6, 6.07) is 0. The lowest BCUT2D eigenvalue weighted by molar-refractivity contribution is -0.137. The maximum Gasteiger partial charge on any atom is 0.303 e. The van der Waals surface area contributed by atoms with Gasteiger partial charge in [0.1, 0.15) is 0 Å². The summed E-state index contributed by atoms with van der Waals surface area (Å²) in [6.07, 6.45) is 4.21. The van der Waals surface area contributed by atoms with Crippen molar-refractivity contribution in [2.75, 3.05) is 6.61 Å². The molecule has 4 heteroatoms. The Hall–Kier alpha value is -0.353. The number of carbonyl (C=O) groups is 1. The summed E-state index contributed by atoms with van der Waals surface area (Å²) in [4.78, 5) is 10.4. The highest BCUT2D eigenvalue weighted by atomic mass is 28.4. The molecule has 0 rings (SSSR count). The molecule has 0 aliphatic heterocycles. The molecule has 0 saturated carbocycles. The van der Waals surface area contributed by atoms with Gasteiger partial charge in [0, 0.05) is 13.0 Å². The molecule has 0 amide bonds. The lowest BCUT2D eigenvalue weighted by Gasteiger charge is -2.42. The van der Waals surface area contributed by atoms with Gasteiger partial charge < -0.3 is 9.53 Å². The third-order valence-electron chi connectivity index (χ3n) is 4.34. The van der Waals surface area contributed by atoms with E-state index in [1.165, 1.54) is 0 Å². The molecule has 0 bridgehead atoms. The first-order valence-electron chi connectivity index (χ1n) is 8.10. The zero-order valence-corrected chi connectivity index (χ0v) is 15.2. The summed E-state index contributed by atoms with van der Waals surface area (Å²) in [5.41, 5.74) is 1.90. The van der Waals surface area contributed by atoms with Crippen molar-refractivity contribution < 1.29 is 14.3 Å². The van der Waals surface area contributed by atoms with Crippen LogP contribution >= 0.6 is 0 Å². The summed E-state index contributed by atoms with van der Waals surface area (Å²) in [5, 5.41) is 8.59. The van der Waals surface area contributed by atoms with Crippen molar-refractivity contribution in [3.8, 4) is 0 Å². The fourth-order valence-electron chi connectivity index (χ4n) is 3.48. The van der Waals surface area contributed by atoms with E-state index in [2.05, 4.69) is 41.5 Å². The molecule has 0 aromatic rings. The number of unbranched alkanes of at least 4 members (excludes halogenated alkanes) is 3. The minimum absolute atomic E-state index is 0.295. The first-order chi connectivity index (χ1) is 9.25. The van der Waals surface area contributed by atoms with Gasteiger partial charge in [-0.15, -0.1) is 0 Å². The second-order valence-electron chi connectivity index (χ2n) is 6.72. The van der Waals surface area contributed by atoms with Crippen LogP contribution in [0.25, 0.3) is 0 Å². The first kappa shape index (κ1) is 19.6. The average Bonchev–Trinajstić information content (AvgIpc) is 2.30. The van der Waals surface area contributed by atoms with Gasteiger partial charge in [-0.25, -0.2) is 0 Å². The second kappa shape index (κ2) is 9.56. The lowest BCUT2D eigenvalue weighted by Crippen LogP contribution is -2.47. The van der Waals surface area contributed by atoms with Gasteiger partial charge in [-0.3, -0.25) is 4.79 Å². The van der Waals surface area contributed by atoms with Gasteiger partial charge in [-0.1, -0.05) is 54.4 Å². The number of hydrogen-bond acceptors (Lipinski definition) is 2. The van der Waals surface area contributed by atoms with Crippen molar-refractivity contribution in [2.24, 2.45) is 0 Å². The van der Waals surface area contributed by atoms with Crippen LogP contribution in [0.3, 0.4) is 0 Å². The zero-order chi connectivity index (χ0) is 15.8. The standard InChI is InChI=1S/C16H34O3Si/c1-13(2)20(14(3)4,15(5)6)19-12-10-8-7-9-11-16(17)18/h13-15H,7-12H2,1-6H3,(H,17,18). The van der Waals surface area contributed by atoms with Crippen LogP contribution < -0.4 is 0 Å². The molecule has 20 heavy (non-hydrogen) atoms. The SMILES string of the molecule is CC(C)[Si](OCCCCCCC(=O)O)(C(C)C)C(C)C. The van der Waals surface area contributed by atoms with Crippen molar-refractivity contribution in [2.45, 2.75) is 90.3 Å². The van der Waals surface area contributed by atoms with E-state index in [1.807, 2.05) is 0 Å². The number of rotatable bonds is 11. The van der Waals surface area contributed by atoms with Crippen molar-refractivity contribution in [3.05, 3.63) is 0 Å². The molecule has 0 unspecified atom stereocenters. The molecule has 0 radical (unpaired) electrons. The van der Waals surface area contributed by atoms with E-state index in [9.17, 15) is 4.79 Å². The van der Waals surface area contributed by atoms with Crippen LogP contribution in [0.1, 0.15) is 73.6 Å². The average molecular weight is 303 g/mol. The van der Waals surface area contributed by atoms with Crippen molar-refractivity contribution >= 4 is 14.3 Å². The van der Waals surface area contributed by atoms with Gasteiger partial charge in [-0.2, -0.15) is 0 Å². The Labute approximate surface area is 126 Å². The molecule has 0 aromatic heterocycles. The molecule has 0 fully saturated rings. The molecular formula is C16H34O3Si. The van der Waals surface area contributed by atoms with Crippen LogP contribution in [0.4, 0.5) is 0 Å². The number of carboxylic acid groups (broad SMARTS) is 1. The van der Waals surface area contributed by atoms with Crippen LogP contribution in [0.2, 0.25) is 16.6 Å². The van der Waals surface area contributed by atoms with E-state index < -0.39 is 14.3 Å². The van der Waals surface area contributed by atoms with Gasteiger partial charge in [0.2, 0.25) is 0 Å². The molecule has 0 atom stereocenters. The predicted octanol–water partition coefficient (Wildman–Crippen LogP) is 5.21. The van der Waals surface area contributed by atoms with E-state index in [1.54, 1.807) is 0 Å². The molecule has 0 heterocycles.